The highest BCUT2D eigenvalue weighted by atomic mass is 19.1. The van der Waals surface area contributed by atoms with Crippen molar-refractivity contribution in [3.8, 4) is 0 Å². The van der Waals surface area contributed by atoms with Crippen LogP contribution in [0.25, 0.3) is 10.9 Å². The minimum Gasteiger partial charge on any atom is -0.370 e. The molecule has 6 aliphatic heterocycles. The molecule has 4 aromatic rings. The zero-order chi connectivity index (χ0) is 39.2. The Kier molecular flexibility index (Phi) is 8.71. The van der Waals surface area contributed by atoms with Crippen molar-refractivity contribution < 1.29 is 18.8 Å². The van der Waals surface area contributed by atoms with Gasteiger partial charge in [0.2, 0.25) is 11.8 Å². The summed E-state index contributed by atoms with van der Waals surface area (Å²) >= 11 is 0. The Morgan fingerprint density at radius 3 is 2.47 bits per heavy atom. The van der Waals surface area contributed by atoms with E-state index < -0.39 is 11.7 Å². The summed E-state index contributed by atoms with van der Waals surface area (Å²) in [6.45, 7) is 13.6. The Bertz CT molecular complexity index is 2230. The lowest BCUT2D eigenvalue weighted by atomic mass is 9.72. The number of fused-ring (bicyclic) bond motifs is 4. The molecular formula is C44H52FN9O3. The average molecular weight is 774 g/mol. The molecule has 0 bridgehead atoms. The standard InChI is InChI=1S/C44H52FN9O3/c1-27-16-33-32-6-4-5-7-34(32)48-39(33)40(54(27)22-43(2,3)45)35-18-47-37(19-46-35)51-14-12-28(13-15-51)20-50-23-44(24-50)25-52(26-44)30-8-9-31-29(17-30)21-53(42(31)57)36-10-11-38(55)49-41(36)56/h4-9,17-19,27-28,36,40,48H,10-16,20-26H2,1-3H3,(H,49,55,56)/t27-,36?,40-/m1/s1. The molecule has 0 radical (unpaired) electrons. The van der Waals surface area contributed by atoms with Crippen LogP contribution < -0.4 is 15.1 Å². The lowest BCUT2D eigenvalue weighted by Gasteiger charge is -2.61. The molecule has 6 aliphatic rings. The van der Waals surface area contributed by atoms with Crippen LogP contribution in [0.3, 0.4) is 0 Å². The number of carbonyl (C=O) groups is 3. The van der Waals surface area contributed by atoms with Gasteiger partial charge in [-0.25, -0.2) is 9.37 Å². The van der Waals surface area contributed by atoms with Crippen LogP contribution >= 0.6 is 0 Å². The summed E-state index contributed by atoms with van der Waals surface area (Å²) in [6.07, 6.45) is 7.58. The van der Waals surface area contributed by atoms with Gasteiger partial charge < -0.3 is 24.6 Å². The number of halogens is 1. The monoisotopic (exact) mass is 773 g/mol. The number of hydrogen-bond acceptors (Lipinski definition) is 9. The minimum absolute atomic E-state index is 0.126. The Hall–Kier alpha value is -4.88. The van der Waals surface area contributed by atoms with Crippen molar-refractivity contribution in [3.63, 3.8) is 0 Å². The second-order valence-corrected chi connectivity index (χ2v) is 18.4. The smallest absolute Gasteiger partial charge is 0.255 e. The highest BCUT2D eigenvalue weighted by molar-refractivity contribution is 6.05. The van der Waals surface area contributed by atoms with Crippen molar-refractivity contribution in [3.05, 3.63) is 82.9 Å². The molecule has 2 aromatic heterocycles. The van der Waals surface area contributed by atoms with Crippen LogP contribution in [-0.4, -0.2) is 117 Å². The van der Waals surface area contributed by atoms with Crippen molar-refractivity contribution in [1.82, 2.24) is 35.0 Å². The summed E-state index contributed by atoms with van der Waals surface area (Å²) in [6, 6.07) is 13.9. The van der Waals surface area contributed by atoms with E-state index in [2.05, 4.69) is 67.2 Å². The molecule has 298 valence electrons. The summed E-state index contributed by atoms with van der Waals surface area (Å²) in [5, 5.41) is 3.62. The molecule has 57 heavy (non-hydrogen) atoms. The number of nitrogens with one attached hydrogen (secondary N) is 2. The van der Waals surface area contributed by atoms with Gasteiger partial charge in [0.1, 0.15) is 17.5 Å². The van der Waals surface area contributed by atoms with Crippen molar-refractivity contribution in [1.29, 1.82) is 0 Å². The molecule has 1 spiro atoms. The number of nitrogens with zero attached hydrogens (tertiary/aromatic N) is 7. The average Bonchev–Trinajstić information content (AvgIpc) is 3.68. The molecule has 0 saturated carbocycles. The Balaban J connectivity index is 0.722. The number of amides is 3. The van der Waals surface area contributed by atoms with Gasteiger partial charge >= 0.3 is 0 Å². The van der Waals surface area contributed by atoms with Gasteiger partial charge in [0, 0.05) is 105 Å². The molecule has 10 rings (SSSR count). The van der Waals surface area contributed by atoms with Crippen molar-refractivity contribution >= 4 is 40.1 Å². The van der Waals surface area contributed by atoms with Gasteiger partial charge in [-0.1, -0.05) is 18.2 Å². The van der Waals surface area contributed by atoms with Crippen LogP contribution in [0.15, 0.2) is 54.9 Å². The molecule has 0 aliphatic carbocycles. The van der Waals surface area contributed by atoms with E-state index in [9.17, 15) is 14.4 Å². The number of piperidine rings is 2. The van der Waals surface area contributed by atoms with Gasteiger partial charge in [-0.15, -0.1) is 0 Å². The van der Waals surface area contributed by atoms with Crippen LogP contribution in [0.2, 0.25) is 0 Å². The Morgan fingerprint density at radius 2 is 1.74 bits per heavy atom. The number of likely N-dealkylation sites (tertiary alicyclic amines) is 1. The summed E-state index contributed by atoms with van der Waals surface area (Å²) in [5.74, 6) is 0.795. The number of alkyl halides is 1. The topological polar surface area (TPSA) is 121 Å². The number of anilines is 2. The van der Waals surface area contributed by atoms with E-state index in [4.69, 9.17) is 9.97 Å². The maximum absolute atomic E-state index is 15.2. The third-order valence-corrected chi connectivity index (χ3v) is 13.5. The lowest BCUT2D eigenvalue weighted by Crippen LogP contribution is -2.72. The molecule has 3 atom stereocenters. The first-order valence-electron chi connectivity index (χ1n) is 20.8. The summed E-state index contributed by atoms with van der Waals surface area (Å²) in [4.78, 5) is 62.1. The van der Waals surface area contributed by atoms with Gasteiger partial charge in [-0.2, -0.15) is 0 Å². The van der Waals surface area contributed by atoms with Gasteiger partial charge in [-0.3, -0.25) is 29.6 Å². The van der Waals surface area contributed by atoms with E-state index in [1.54, 1.807) is 18.7 Å². The second-order valence-electron chi connectivity index (χ2n) is 18.4. The summed E-state index contributed by atoms with van der Waals surface area (Å²) in [5.41, 5.74) is 6.10. The SMILES string of the molecule is C[C@@H]1Cc2c([nH]c3ccccc23)[C@@H](c2cnc(N3CCC(CN4CC5(C4)CN(c4ccc6c(c4)CN(C4CCC(=O)NC4=O)C6=O)C5)CC3)cn2)N1CC(C)(C)F. The first-order chi connectivity index (χ1) is 27.4. The fourth-order valence-corrected chi connectivity index (χ4v) is 10.8. The molecule has 3 amide bonds. The van der Waals surface area contributed by atoms with Crippen LogP contribution in [-0.2, 0) is 22.6 Å². The molecule has 1 unspecified atom stereocenters. The Labute approximate surface area is 332 Å². The zero-order valence-corrected chi connectivity index (χ0v) is 33.1. The minimum atomic E-state index is -1.35. The van der Waals surface area contributed by atoms with Crippen LogP contribution in [0.4, 0.5) is 15.9 Å². The Morgan fingerprint density at radius 1 is 0.947 bits per heavy atom. The predicted molar refractivity (Wildman–Crippen MR) is 216 cm³/mol. The van der Waals surface area contributed by atoms with Gasteiger partial charge in [0.25, 0.3) is 5.91 Å². The summed E-state index contributed by atoms with van der Waals surface area (Å²) in [7, 11) is 0. The fourth-order valence-electron chi connectivity index (χ4n) is 10.8. The number of imide groups is 1. The fraction of sp³-hybridized carbons (Fsp3) is 0.523. The van der Waals surface area contributed by atoms with Gasteiger partial charge in [-0.05, 0) is 87.8 Å². The van der Waals surface area contributed by atoms with Crippen LogP contribution in [0.5, 0.6) is 0 Å². The van der Waals surface area contributed by atoms with Crippen LogP contribution in [0, 0.1) is 11.3 Å². The van der Waals surface area contributed by atoms with Crippen molar-refractivity contribution in [2.45, 2.75) is 83.2 Å². The van der Waals surface area contributed by atoms with E-state index in [0.717, 1.165) is 99.0 Å². The number of benzene rings is 2. The predicted octanol–water partition coefficient (Wildman–Crippen LogP) is 4.84. The van der Waals surface area contributed by atoms with Crippen LogP contribution in [0.1, 0.15) is 85.4 Å². The quantitative estimate of drug-likeness (QED) is 0.243. The van der Waals surface area contributed by atoms with E-state index in [1.165, 1.54) is 10.9 Å². The third kappa shape index (κ3) is 6.56. The van der Waals surface area contributed by atoms with E-state index in [0.29, 0.717) is 36.4 Å². The number of H-pyrrole nitrogens is 1. The number of aromatic amines is 1. The summed E-state index contributed by atoms with van der Waals surface area (Å²) < 4.78 is 15.2. The lowest BCUT2D eigenvalue weighted by molar-refractivity contribution is -0.136. The highest BCUT2D eigenvalue weighted by Gasteiger charge is 2.52. The zero-order valence-electron chi connectivity index (χ0n) is 33.1. The molecule has 13 heteroatoms. The van der Waals surface area contributed by atoms with Crippen molar-refractivity contribution in [2.75, 3.05) is 62.2 Å². The number of para-hydroxylation sites is 1. The molecule has 2 aromatic carbocycles. The molecule has 4 fully saturated rings. The maximum Gasteiger partial charge on any atom is 0.255 e. The molecule has 4 saturated heterocycles. The maximum atomic E-state index is 15.2. The largest absolute Gasteiger partial charge is 0.370 e. The van der Waals surface area contributed by atoms with E-state index in [1.807, 2.05) is 24.5 Å². The molecule has 8 heterocycles. The first-order valence-corrected chi connectivity index (χ1v) is 20.8. The molecular weight excluding hydrogens is 722 g/mol. The normalized spacial score (nSPS) is 25.4. The van der Waals surface area contributed by atoms with Crippen molar-refractivity contribution in [2.24, 2.45) is 11.3 Å². The van der Waals surface area contributed by atoms with Gasteiger partial charge in [0.05, 0.1) is 24.1 Å². The van der Waals surface area contributed by atoms with E-state index in [-0.39, 0.29) is 36.2 Å². The third-order valence-electron chi connectivity index (χ3n) is 13.5. The first kappa shape index (κ1) is 36.5. The molecule has 12 nitrogen and oxygen atoms in total. The van der Waals surface area contributed by atoms with Gasteiger partial charge in [0.15, 0.2) is 0 Å². The number of carbonyl (C=O) groups excluding carboxylic acids is 3. The number of aromatic nitrogens is 3. The molecule has 2 N–H and O–H groups in total. The highest BCUT2D eigenvalue weighted by Crippen LogP contribution is 2.44. The number of hydrogen-bond donors (Lipinski definition) is 2. The van der Waals surface area contributed by atoms with E-state index >= 15 is 4.39 Å². The second kappa shape index (κ2) is 13.6. The number of rotatable bonds is 8.